The number of amides is 1. The van der Waals surface area contributed by atoms with Crippen LogP contribution in [-0.4, -0.2) is 17.5 Å². The first-order valence-electron chi connectivity index (χ1n) is 5.67. The van der Waals surface area contributed by atoms with Crippen LogP contribution in [0.25, 0.3) is 0 Å². The molecule has 0 unspecified atom stereocenters. The number of hydrogen-bond donors (Lipinski definition) is 2. The van der Waals surface area contributed by atoms with Crippen LogP contribution in [0.2, 0.25) is 0 Å². The van der Waals surface area contributed by atoms with Crippen LogP contribution < -0.4 is 11.1 Å². The van der Waals surface area contributed by atoms with Gasteiger partial charge in [0.15, 0.2) is 0 Å². The van der Waals surface area contributed by atoms with Gasteiger partial charge in [-0.3, -0.25) is 5.32 Å². The van der Waals surface area contributed by atoms with E-state index in [0.717, 1.165) is 0 Å². The number of anilines is 1. The predicted octanol–water partition coefficient (Wildman–Crippen LogP) is 2.84. The highest BCUT2D eigenvalue weighted by Crippen LogP contribution is 2.15. The SMILES string of the molecule is CC(=Nc1cccc(N)c1)NC(=O)OC(C)(C)C. The van der Waals surface area contributed by atoms with Gasteiger partial charge in [-0.05, 0) is 45.9 Å². The fourth-order valence-electron chi connectivity index (χ4n) is 1.27. The summed E-state index contributed by atoms with van der Waals surface area (Å²) in [5, 5.41) is 2.55. The molecule has 98 valence electrons. The molecule has 1 rings (SSSR count). The van der Waals surface area contributed by atoms with Crippen LogP contribution in [0.5, 0.6) is 0 Å². The molecule has 0 spiro atoms. The number of amidine groups is 1. The lowest BCUT2D eigenvalue weighted by atomic mass is 10.2. The van der Waals surface area contributed by atoms with Crippen LogP contribution in [0.15, 0.2) is 29.3 Å². The number of aliphatic imine (C=N–C) groups is 1. The molecule has 0 aliphatic rings. The Labute approximate surface area is 107 Å². The number of ether oxygens (including phenoxy) is 1. The summed E-state index contributed by atoms with van der Waals surface area (Å²) in [4.78, 5) is 15.7. The lowest BCUT2D eigenvalue weighted by Gasteiger charge is -2.19. The average Bonchev–Trinajstić information content (AvgIpc) is 2.13. The van der Waals surface area contributed by atoms with E-state index in [0.29, 0.717) is 17.2 Å². The molecule has 3 N–H and O–H groups in total. The molecule has 5 nitrogen and oxygen atoms in total. The maximum absolute atomic E-state index is 11.5. The molecule has 0 saturated carbocycles. The van der Waals surface area contributed by atoms with Gasteiger partial charge in [0.1, 0.15) is 11.4 Å². The minimum atomic E-state index is -0.526. The first-order chi connectivity index (χ1) is 8.26. The average molecular weight is 249 g/mol. The van der Waals surface area contributed by atoms with Crippen molar-refractivity contribution in [2.75, 3.05) is 5.73 Å². The molecule has 18 heavy (non-hydrogen) atoms. The Morgan fingerprint density at radius 2 is 2.06 bits per heavy atom. The third kappa shape index (κ3) is 5.34. The van der Waals surface area contributed by atoms with E-state index in [-0.39, 0.29) is 0 Å². The van der Waals surface area contributed by atoms with E-state index in [9.17, 15) is 4.79 Å². The molecule has 0 saturated heterocycles. The Balaban J connectivity index is 2.65. The lowest BCUT2D eigenvalue weighted by Crippen LogP contribution is -2.35. The summed E-state index contributed by atoms with van der Waals surface area (Å²) in [6, 6.07) is 7.10. The molecule has 1 amide bonds. The van der Waals surface area contributed by atoms with Crippen molar-refractivity contribution in [3.05, 3.63) is 24.3 Å². The van der Waals surface area contributed by atoms with Gasteiger partial charge >= 0.3 is 6.09 Å². The smallest absolute Gasteiger partial charge is 0.413 e. The molecule has 1 aromatic rings. The minimum absolute atomic E-state index is 0.454. The van der Waals surface area contributed by atoms with Gasteiger partial charge < -0.3 is 10.5 Å². The van der Waals surface area contributed by atoms with Crippen molar-refractivity contribution >= 4 is 23.3 Å². The number of rotatable bonds is 1. The predicted molar refractivity (Wildman–Crippen MR) is 73.0 cm³/mol. The summed E-state index contributed by atoms with van der Waals surface area (Å²) < 4.78 is 5.11. The Kier molecular flexibility index (Phi) is 4.31. The Hall–Kier alpha value is -2.04. The zero-order chi connectivity index (χ0) is 13.8. The zero-order valence-electron chi connectivity index (χ0n) is 11.2. The number of carbonyl (C=O) groups excluding carboxylic acids is 1. The number of nitrogen functional groups attached to an aromatic ring is 1. The number of nitrogens with two attached hydrogens (primary N) is 1. The van der Waals surface area contributed by atoms with E-state index < -0.39 is 11.7 Å². The van der Waals surface area contributed by atoms with Crippen molar-refractivity contribution in [1.29, 1.82) is 0 Å². The topological polar surface area (TPSA) is 76.7 Å². The van der Waals surface area contributed by atoms with Crippen molar-refractivity contribution in [2.45, 2.75) is 33.3 Å². The number of carbonyl (C=O) groups is 1. The maximum Gasteiger partial charge on any atom is 0.413 e. The highest BCUT2D eigenvalue weighted by Gasteiger charge is 2.16. The summed E-state index contributed by atoms with van der Waals surface area (Å²) in [6.07, 6.45) is -0.521. The molecular weight excluding hydrogens is 230 g/mol. The fraction of sp³-hybridized carbons (Fsp3) is 0.385. The summed E-state index contributed by atoms with van der Waals surface area (Å²) in [7, 11) is 0. The van der Waals surface area contributed by atoms with Crippen LogP contribution in [0.4, 0.5) is 16.2 Å². The Morgan fingerprint density at radius 3 is 2.61 bits per heavy atom. The van der Waals surface area contributed by atoms with Crippen LogP contribution >= 0.6 is 0 Å². The van der Waals surface area contributed by atoms with Crippen molar-refractivity contribution in [2.24, 2.45) is 4.99 Å². The second-order valence-electron chi connectivity index (χ2n) is 4.92. The molecule has 0 atom stereocenters. The fourth-order valence-corrected chi connectivity index (χ4v) is 1.27. The van der Waals surface area contributed by atoms with Crippen molar-refractivity contribution < 1.29 is 9.53 Å². The minimum Gasteiger partial charge on any atom is -0.444 e. The molecule has 0 fully saturated rings. The monoisotopic (exact) mass is 249 g/mol. The molecule has 5 heteroatoms. The van der Waals surface area contributed by atoms with Gasteiger partial charge in [0.05, 0.1) is 5.69 Å². The number of nitrogens with zero attached hydrogens (tertiary/aromatic N) is 1. The van der Waals surface area contributed by atoms with Crippen LogP contribution in [0.3, 0.4) is 0 Å². The highest BCUT2D eigenvalue weighted by atomic mass is 16.6. The van der Waals surface area contributed by atoms with Gasteiger partial charge in [-0.25, -0.2) is 9.79 Å². The third-order valence-corrected chi connectivity index (χ3v) is 1.85. The highest BCUT2D eigenvalue weighted by molar-refractivity contribution is 5.95. The molecule has 0 bridgehead atoms. The van der Waals surface area contributed by atoms with Crippen LogP contribution in [0, 0.1) is 0 Å². The lowest BCUT2D eigenvalue weighted by molar-refractivity contribution is 0.0563. The van der Waals surface area contributed by atoms with Crippen LogP contribution in [-0.2, 0) is 4.74 Å². The van der Waals surface area contributed by atoms with E-state index in [1.165, 1.54) is 0 Å². The molecular formula is C13H19N3O2. The summed E-state index contributed by atoms with van der Waals surface area (Å²) >= 11 is 0. The van der Waals surface area contributed by atoms with E-state index in [1.54, 1.807) is 52.0 Å². The summed E-state index contributed by atoms with van der Waals surface area (Å²) in [5.41, 5.74) is 6.42. The van der Waals surface area contributed by atoms with E-state index in [4.69, 9.17) is 10.5 Å². The number of nitrogens with one attached hydrogen (secondary N) is 1. The first kappa shape index (κ1) is 14.0. The van der Waals surface area contributed by atoms with Gasteiger partial charge in [-0.1, -0.05) is 6.07 Å². The standard InChI is InChI=1S/C13H19N3O2/c1-9(16-12(17)18-13(2,3)4)15-11-7-5-6-10(14)8-11/h5-8H,14H2,1-4H3,(H,15,16,17). The number of benzene rings is 1. The maximum atomic E-state index is 11.5. The molecule has 0 radical (unpaired) electrons. The summed E-state index contributed by atoms with van der Waals surface area (Å²) in [5.74, 6) is 0.454. The summed E-state index contributed by atoms with van der Waals surface area (Å²) in [6.45, 7) is 7.10. The quantitative estimate of drug-likeness (QED) is 0.456. The van der Waals surface area contributed by atoms with Gasteiger partial charge in [0.2, 0.25) is 0 Å². The molecule has 1 aromatic carbocycles. The number of hydrogen-bond acceptors (Lipinski definition) is 4. The molecule has 0 aliphatic carbocycles. The van der Waals surface area contributed by atoms with Gasteiger partial charge in [0, 0.05) is 5.69 Å². The van der Waals surface area contributed by atoms with Crippen molar-refractivity contribution in [3.63, 3.8) is 0 Å². The normalized spacial score (nSPS) is 12.1. The Morgan fingerprint density at radius 1 is 1.39 bits per heavy atom. The largest absolute Gasteiger partial charge is 0.444 e. The van der Waals surface area contributed by atoms with Gasteiger partial charge in [0.25, 0.3) is 0 Å². The van der Waals surface area contributed by atoms with Gasteiger partial charge in [-0.2, -0.15) is 0 Å². The van der Waals surface area contributed by atoms with Crippen LogP contribution in [0.1, 0.15) is 27.7 Å². The third-order valence-electron chi connectivity index (χ3n) is 1.85. The van der Waals surface area contributed by atoms with E-state index in [2.05, 4.69) is 10.3 Å². The number of alkyl carbamates (subject to hydrolysis) is 1. The second-order valence-corrected chi connectivity index (χ2v) is 4.92. The molecule has 0 heterocycles. The molecule has 0 aliphatic heterocycles. The Bertz CT molecular complexity index is 462. The van der Waals surface area contributed by atoms with E-state index in [1.807, 2.05) is 0 Å². The van der Waals surface area contributed by atoms with Gasteiger partial charge in [-0.15, -0.1) is 0 Å². The first-order valence-corrected chi connectivity index (χ1v) is 5.67. The van der Waals surface area contributed by atoms with Crippen molar-refractivity contribution in [3.8, 4) is 0 Å². The molecule has 0 aromatic heterocycles. The zero-order valence-corrected chi connectivity index (χ0v) is 11.2. The van der Waals surface area contributed by atoms with Crippen molar-refractivity contribution in [1.82, 2.24) is 5.32 Å². The van der Waals surface area contributed by atoms with E-state index >= 15 is 0 Å². The second kappa shape index (κ2) is 5.53.